The van der Waals surface area contributed by atoms with Crippen LogP contribution in [0.25, 0.3) is 11.0 Å². The number of hydrogen-bond acceptors (Lipinski definition) is 6. The van der Waals surface area contributed by atoms with Crippen LogP contribution in [0.2, 0.25) is 0 Å². The van der Waals surface area contributed by atoms with Crippen LogP contribution in [0.15, 0.2) is 42.6 Å². The number of carbonyl (C=O) groups is 1. The van der Waals surface area contributed by atoms with Gasteiger partial charge in [-0.15, -0.1) is 0 Å². The van der Waals surface area contributed by atoms with Crippen molar-refractivity contribution in [3.8, 4) is 0 Å². The van der Waals surface area contributed by atoms with Crippen LogP contribution in [0.3, 0.4) is 0 Å². The van der Waals surface area contributed by atoms with Crippen LogP contribution in [0, 0.1) is 5.92 Å². The maximum Gasteiger partial charge on any atom is 0.272 e. The first-order valence-corrected chi connectivity index (χ1v) is 10.1. The van der Waals surface area contributed by atoms with Gasteiger partial charge >= 0.3 is 0 Å². The quantitative estimate of drug-likeness (QED) is 0.700. The summed E-state index contributed by atoms with van der Waals surface area (Å²) in [6.45, 7) is 3.56. The standard InChI is InChI=1S/C20H21N5OS/c26-20(18-3-1-2-8-21-18)25-12-15-4-6-16(13-25)24(11-15)10-14-5-7-17-19(9-14)23-27-22-17/h1-3,5,7-9,15-16H,4,6,10-13H2/t15-,16-/m1/s1. The molecule has 0 unspecified atom stereocenters. The summed E-state index contributed by atoms with van der Waals surface area (Å²) in [6.07, 6.45) is 4.04. The SMILES string of the molecule is O=C(c1ccccn1)N1C[C@@H]2CC[C@H](C1)N(Cc1ccc3nsnc3c1)C2. The second-order valence-electron chi connectivity index (χ2n) is 7.54. The first-order chi connectivity index (χ1) is 13.3. The molecule has 2 bridgehead atoms. The van der Waals surface area contributed by atoms with Gasteiger partial charge in [0.15, 0.2) is 0 Å². The minimum absolute atomic E-state index is 0.0596. The monoisotopic (exact) mass is 379 g/mol. The van der Waals surface area contributed by atoms with E-state index in [-0.39, 0.29) is 5.91 Å². The molecule has 0 saturated carbocycles. The first-order valence-electron chi connectivity index (χ1n) is 9.42. The predicted octanol–water partition coefficient (Wildman–Crippen LogP) is 2.82. The van der Waals surface area contributed by atoms with Crippen molar-refractivity contribution >= 4 is 28.7 Å². The third kappa shape index (κ3) is 3.33. The van der Waals surface area contributed by atoms with Crippen LogP contribution >= 0.6 is 11.7 Å². The van der Waals surface area contributed by atoms with Crippen LogP contribution in [-0.4, -0.2) is 55.1 Å². The number of amides is 1. The fourth-order valence-corrected chi connectivity index (χ4v) is 4.87. The molecule has 3 aliphatic heterocycles. The molecule has 3 aromatic rings. The fraction of sp³-hybridized carbons (Fsp3) is 0.400. The first kappa shape index (κ1) is 16.8. The Hall–Kier alpha value is -2.38. The van der Waals surface area contributed by atoms with E-state index in [0.717, 1.165) is 43.6 Å². The maximum absolute atomic E-state index is 12.9. The molecule has 138 valence electrons. The molecule has 6 nitrogen and oxygen atoms in total. The molecule has 2 atom stereocenters. The number of nitrogens with zero attached hydrogens (tertiary/aromatic N) is 5. The normalized spacial score (nSPS) is 22.9. The minimum atomic E-state index is 0.0596. The van der Waals surface area contributed by atoms with E-state index in [9.17, 15) is 4.79 Å². The van der Waals surface area contributed by atoms with Crippen LogP contribution in [-0.2, 0) is 6.54 Å². The van der Waals surface area contributed by atoms with Gasteiger partial charge in [0, 0.05) is 38.4 Å². The van der Waals surface area contributed by atoms with Crippen LogP contribution in [0.5, 0.6) is 0 Å². The summed E-state index contributed by atoms with van der Waals surface area (Å²) in [4.78, 5) is 21.7. The Morgan fingerprint density at radius 2 is 2.00 bits per heavy atom. The van der Waals surface area contributed by atoms with Crippen LogP contribution < -0.4 is 0 Å². The Bertz CT molecular complexity index is 959. The van der Waals surface area contributed by atoms with Gasteiger partial charge in [-0.1, -0.05) is 12.1 Å². The van der Waals surface area contributed by atoms with Crippen molar-refractivity contribution in [1.82, 2.24) is 23.5 Å². The third-order valence-electron chi connectivity index (χ3n) is 5.70. The molecule has 0 spiro atoms. The number of benzene rings is 1. The molecule has 5 heterocycles. The number of aromatic nitrogens is 3. The molecule has 2 aromatic heterocycles. The highest BCUT2D eigenvalue weighted by atomic mass is 32.1. The summed E-state index contributed by atoms with van der Waals surface area (Å²) in [5, 5.41) is 0. The minimum Gasteiger partial charge on any atom is -0.335 e. The van der Waals surface area contributed by atoms with E-state index < -0.39 is 0 Å². The van der Waals surface area contributed by atoms with E-state index in [2.05, 4.69) is 36.8 Å². The molecule has 1 aromatic carbocycles. The van der Waals surface area contributed by atoms with Gasteiger partial charge in [0.1, 0.15) is 16.7 Å². The van der Waals surface area contributed by atoms with E-state index in [1.54, 1.807) is 6.20 Å². The highest BCUT2D eigenvalue weighted by Crippen LogP contribution is 2.30. The Morgan fingerprint density at radius 1 is 1.07 bits per heavy atom. The number of piperidine rings is 1. The van der Waals surface area contributed by atoms with Gasteiger partial charge in [0.05, 0.1) is 11.7 Å². The summed E-state index contributed by atoms with van der Waals surface area (Å²) in [5.41, 5.74) is 3.76. The average Bonchev–Trinajstić information content (AvgIpc) is 2.98. The van der Waals surface area contributed by atoms with Gasteiger partial charge in [0.25, 0.3) is 5.91 Å². The summed E-state index contributed by atoms with van der Waals surface area (Å²) in [5.74, 6) is 0.588. The summed E-state index contributed by atoms with van der Waals surface area (Å²) in [6, 6.07) is 12.3. The second-order valence-corrected chi connectivity index (χ2v) is 8.07. The van der Waals surface area contributed by atoms with Gasteiger partial charge in [-0.05, 0) is 48.6 Å². The lowest BCUT2D eigenvalue weighted by molar-refractivity contribution is 0.0730. The topological polar surface area (TPSA) is 62.2 Å². The molecule has 3 fully saturated rings. The van der Waals surface area contributed by atoms with E-state index in [1.165, 1.54) is 23.7 Å². The Morgan fingerprint density at radius 3 is 2.89 bits per heavy atom. The van der Waals surface area contributed by atoms with Gasteiger partial charge in [-0.3, -0.25) is 14.7 Å². The molecular weight excluding hydrogens is 358 g/mol. The second kappa shape index (κ2) is 6.98. The molecule has 0 N–H and O–H groups in total. The Balaban J connectivity index is 1.34. The number of pyridine rings is 1. The van der Waals surface area contributed by atoms with Crippen molar-refractivity contribution < 1.29 is 4.79 Å². The fourth-order valence-electron chi connectivity index (χ4n) is 4.35. The zero-order valence-electron chi connectivity index (χ0n) is 15.0. The zero-order chi connectivity index (χ0) is 18.2. The molecule has 0 radical (unpaired) electrons. The smallest absolute Gasteiger partial charge is 0.272 e. The molecule has 3 aliphatic rings. The molecule has 7 heteroatoms. The molecule has 3 saturated heterocycles. The Kier molecular flexibility index (Phi) is 4.33. The highest BCUT2D eigenvalue weighted by Gasteiger charge is 2.36. The van der Waals surface area contributed by atoms with Crippen molar-refractivity contribution in [2.75, 3.05) is 19.6 Å². The largest absolute Gasteiger partial charge is 0.335 e. The van der Waals surface area contributed by atoms with Crippen molar-refractivity contribution in [2.45, 2.75) is 25.4 Å². The zero-order valence-corrected chi connectivity index (χ0v) is 15.8. The summed E-state index contributed by atoms with van der Waals surface area (Å²) < 4.78 is 8.64. The van der Waals surface area contributed by atoms with Gasteiger partial charge in [-0.2, -0.15) is 8.75 Å². The van der Waals surface area contributed by atoms with Crippen molar-refractivity contribution in [2.24, 2.45) is 5.92 Å². The van der Waals surface area contributed by atoms with Crippen LogP contribution in [0.1, 0.15) is 28.9 Å². The number of fused-ring (bicyclic) bond motifs is 5. The van der Waals surface area contributed by atoms with Crippen LogP contribution in [0.4, 0.5) is 0 Å². The lowest BCUT2D eigenvalue weighted by Crippen LogP contribution is -2.44. The highest BCUT2D eigenvalue weighted by molar-refractivity contribution is 7.00. The van der Waals surface area contributed by atoms with Gasteiger partial charge in [-0.25, -0.2) is 0 Å². The van der Waals surface area contributed by atoms with Crippen molar-refractivity contribution in [1.29, 1.82) is 0 Å². The molecule has 6 rings (SSSR count). The van der Waals surface area contributed by atoms with E-state index in [4.69, 9.17) is 0 Å². The lowest BCUT2D eigenvalue weighted by atomic mass is 9.94. The number of rotatable bonds is 3. The lowest BCUT2D eigenvalue weighted by Gasteiger charge is -2.36. The molecule has 0 aliphatic carbocycles. The van der Waals surface area contributed by atoms with Crippen molar-refractivity contribution in [3.63, 3.8) is 0 Å². The maximum atomic E-state index is 12.9. The Labute approximate surface area is 162 Å². The molecule has 27 heavy (non-hydrogen) atoms. The average molecular weight is 379 g/mol. The summed E-state index contributed by atoms with van der Waals surface area (Å²) in [7, 11) is 0. The van der Waals surface area contributed by atoms with E-state index in [0.29, 0.717) is 17.7 Å². The molecular formula is C20H21N5OS. The third-order valence-corrected chi connectivity index (χ3v) is 6.26. The predicted molar refractivity (Wildman–Crippen MR) is 104 cm³/mol. The van der Waals surface area contributed by atoms with Gasteiger partial charge in [0.2, 0.25) is 0 Å². The van der Waals surface area contributed by atoms with Gasteiger partial charge < -0.3 is 4.90 Å². The summed E-state index contributed by atoms with van der Waals surface area (Å²) >= 11 is 1.26. The van der Waals surface area contributed by atoms with E-state index >= 15 is 0 Å². The molecule has 1 amide bonds. The van der Waals surface area contributed by atoms with Crippen molar-refractivity contribution in [3.05, 3.63) is 53.9 Å². The number of carbonyl (C=O) groups excluding carboxylic acids is 1. The van der Waals surface area contributed by atoms with E-state index in [1.807, 2.05) is 23.1 Å². The number of hydrogen-bond donors (Lipinski definition) is 0.